The molecule has 0 heterocycles. The van der Waals surface area contributed by atoms with Crippen LogP contribution in [-0.4, -0.2) is 11.7 Å². The number of benzene rings is 1. The molecule has 0 aliphatic heterocycles. The molecule has 16 heavy (non-hydrogen) atoms. The van der Waals surface area contributed by atoms with E-state index in [1.165, 1.54) is 12.0 Å². The predicted octanol–water partition coefficient (Wildman–Crippen LogP) is 3.15. The van der Waals surface area contributed by atoms with Crippen molar-refractivity contribution < 1.29 is 5.11 Å². The van der Waals surface area contributed by atoms with Gasteiger partial charge < -0.3 is 10.8 Å². The molecule has 1 aromatic carbocycles. The van der Waals surface area contributed by atoms with Crippen molar-refractivity contribution in [1.29, 1.82) is 0 Å². The van der Waals surface area contributed by atoms with E-state index < -0.39 is 0 Å². The van der Waals surface area contributed by atoms with Crippen LogP contribution in [0.4, 0.5) is 0 Å². The fourth-order valence-electron chi connectivity index (χ4n) is 2.45. The van der Waals surface area contributed by atoms with Gasteiger partial charge in [0, 0.05) is 17.5 Å². The van der Waals surface area contributed by atoms with Gasteiger partial charge in [0.15, 0.2) is 0 Å². The Balaban J connectivity index is 2.57. The maximum absolute atomic E-state index is 10.2. The number of halogens is 1. The first-order valence-electron chi connectivity index (χ1n) is 5.71. The molecule has 0 atom stereocenters. The minimum Gasteiger partial charge on any atom is -0.506 e. The molecule has 1 saturated carbocycles. The molecule has 0 spiro atoms. The zero-order chi connectivity index (χ0) is 11.9. The molecule has 3 N–H and O–H groups in total. The minimum atomic E-state index is 0.0189. The summed E-state index contributed by atoms with van der Waals surface area (Å²) in [5.74, 6) is 0.383. The second-order valence-electron chi connectivity index (χ2n) is 4.87. The van der Waals surface area contributed by atoms with E-state index in [2.05, 4.69) is 28.9 Å². The van der Waals surface area contributed by atoms with Crippen LogP contribution in [0.15, 0.2) is 10.5 Å². The van der Waals surface area contributed by atoms with Gasteiger partial charge in [-0.05, 0) is 53.7 Å². The van der Waals surface area contributed by atoms with Crippen LogP contribution < -0.4 is 5.73 Å². The molecular formula is C13H18BrNO. The molecule has 1 aliphatic rings. The van der Waals surface area contributed by atoms with Crippen molar-refractivity contribution >= 4 is 15.9 Å². The molecule has 1 fully saturated rings. The summed E-state index contributed by atoms with van der Waals surface area (Å²) in [6.07, 6.45) is 3.39. The van der Waals surface area contributed by atoms with Crippen LogP contribution in [-0.2, 0) is 5.41 Å². The number of phenols is 1. The van der Waals surface area contributed by atoms with Crippen molar-refractivity contribution in [3.63, 3.8) is 0 Å². The quantitative estimate of drug-likeness (QED) is 0.876. The standard InChI is InChI=1S/C13H18BrNO/c1-8-6-10(12(16)11(14)9(8)2)13(7-15)4-3-5-13/h6,16H,3-5,7,15H2,1-2H3. The predicted molar refractivity (Wildman–Crippen MR) is 69.9 cm³/mol. The van der Waals surface area contributed by atoms with Crippen molar-refractivity contribution in [2.75, 3.05) is 6.54 Å². The zero-order valence-corrected chi connectivity index (χ0v) is 11.4. The lowest BCUT2D eigenvalue weighted by molar-refractivity contribution is 0.244. The van der Waals surface area contributed by atoms with Gasteiger partial charge in [-0.3, -0.25) is 0 Å². The first kappa shape index (κ1) is 11.9. The van der Waals surface area contributed by atoms with Gasteiger partial charge >= 0.3 is 0 Å². The summed E-state index contributed by atoms with van der Waals surface area (Å²) in [6, 6.07) is 2.10. The van der Waals surface area contributed by atoms with E-state index in [9.17, 15) is 5.11 Å². The third-order valence-electron chi connectivity index (χ3n) is 4.02. The number of rotatable bonds is 2. The summed E-state index contributed by atoms with van der Waals surface area (Å²) in [4.78, 5) is 0. The summed E-state index contributed by atoms with van der Waals surface area (Å²) >= 11 is 3.46. The van der Waals surface area contributed by atoms with Gasteiger partial charge in [0.1, 0.15) is 5.75 Å². The lowest BCUT2D eigenvalue weighted by atomic mass is 9.64. The Bertz CT molecular complexity index is 419. The van der Waals surface area contributed by atoms with Crippen molar-refractivity contribution in [3.05, 3.63) is 27.2 Å². The van der Waals surface area contributed by atoms with Crippen molar-refractivity contribution in [2.24, 2.45) is 5.73 Å². The Morgan fingerprint density at radius 3 is 2.50 bits per heavy atom. The highest BCUT2D eigenvalue weighted by molar-refractivity contribution is 9.10. The summed E-state index contributed by atoms with van der Waals surface area (Å²) in [6.45, 7) is 4.71. The Kier molecular flexibility index (Phi) is 3.01. The van der Waals surface area contributed by atoms with Crippen LogP contribution in [0, 0.1) is 13.8 Å². The van der Waals surface area contributed by atoms with Crippen LogP contribution in [0.1, 0.15) is 36.0 Å². The molecule has 88 valence electrons. The smallest absolute Gasteiger partial charge is 0.133 e. The van der Waals surface area contributed by atoms with Gasteiger partial charge in [-0.1, -0.05) is 12.5 Å². The number of aromatic hydroxyl groups is 1. The van der Waals surface area contributed by atoms with E-state index in [1.807, 2.05) is 6.92 Å². The topological polar surface area (TPSA) is 46.2 Å². The van der Waals surface area contributed by atoms with Crippen LogP contribution in [0.3, 0.4) is 0 Å². The summed E-state index contributed by atoms with van der Waals surface area (Å²) in [7, 11) is 0. The van der Waals surface area contributed by atoms with Crippen LogP contribution in [0.5, 0.6) is 5.75 Å². The average Bonchev–Trinajstić information content (AvgIpc) is 2.21. The fraction of sp³-hybridized carbons (Fsp3) is 0.538. The van der Waals surface area contributed by atoms with E-state index in [-0.39, 0.29) is 5.41 Å². The molecule has 2 rings (SSSR count). The van der Waals surface area contributed by atoms with E-state index in [0.29, 0.717) is 12.3 Å². The van der Waals surface area contributed by atoms with E-state index >= 15 is 0 Å². The SMILES string of the molecule is Cc1cc(C2(CN)CCC2)c(O)c(Br)c1C. The highest BCUT2D eigenvalue weighted by Crippen LogP contribution is 2.49. The molecule has 2 nitrogen and oxygen atoms in total. The first-order chi connectivity index (χ1) is 7.52. The van der Waals surface area contributed by atoms with Gasteiger partial charge in [0.05, 0.1) is 4.47 Å². The Labute approximate surface area is 105 Å². The first-order valence-corrected chi connectivity index (χ1v) is 6.50. The van der Waals surface area contributed by atoms with E-state index in [4.69, 9.17) is 5.73 Å². The van der Waals surface area contributed by atoms with E-state index in [0.717, 1.165) is 28.4 Å². The number of hydrogen-bond acceptors (Lipinski definition) is 2. The molecule has 0 saturated heterocycles. The maximum Gasteiger partial charge on any atom is 0.133 e. The van der Waals surface area contributed by atoms with Crippen molar-refractivity contribution in [2.45, 2.75) is 38.5 Å². The molecule has 0 aromatic heterocycles. The lowest BCUT2D eigenvalue weighted by Crippen LogP contribution is -2.41. The molecule has 0 amide bonds. The second kappa shape index (κ2) is 4.04. The zero-order valence-electron chi connectivity index (χ0n) is 9.81. The highest BCUT2D eigenvalue weighted by atomic mass is 79.9. The maximum atomic E-state index is 10.2. The number of hydrogen-bond donors (Lipinski definition) is 2. The fourth-order valence-corrected chi connectivity index (χ4v) is 2.98. The summed E-state index contributed by atoms with van der Waals surface area (Å²) < 4.78 is 0.822. The molecule has 1 aromatic rings. The third-order valence-corrected chi connectivity index (χ3v) is 4.99. The van der Waals surface area contributed by atoms with Crippen molar-refractivity contribution in [3.8, 4) is 5.75 Å². The molecular weight excluding hydrogens is 266 g/mol. The number of aryl methyl sites for hydroxylation is 1. The average molecular weight is 284 g/mol. The van der Waals surface area contributed by atoms with Gasteiger partial charge in [0.25, 0.3) is 0 Å². The number of nitrogens with two attached hydrogens (primary N) is 1. The van der Waals surface area contributed by atoms with Gasteiger partial charge in [-0.15, -0.1) is 0 Å². The monoisotopic (exact) mass is 283 g/mol. The minimum absolute atomic E-state index is 0.0189. The largest absolute Gasteiger partial charge is 0.506 e. The van der Waals surface area contributed by atoms with Gasteiger partial charge in [-0.2, -0.15) is 0 Å². The van der Waals surface area contributed by atoms with Gasteiger partial charge in [-0.25, -0.2) is 0 Å². The van der Waals surface area contributed by atoms with Crippen LogP contribution in [0.25, 0.3) is 0 Å². The van der Waals surface area contributed by atoms with Crippen LogP contribution in [0.2, 0.25) is 0 Å². The molecule has 0 bridgehead atoms. The molecule has 0 radical (unpaired) electrons. The Morgan fingerprint density at radius 2 is 2.06 bits per heavy atom. The Hall–Kier alpha value is -0.540. The molecule has 1 aliphatic carbocycles. The highest BCUT2D eigenvalue weighted by Gasteiger charge is 2.40. The normalized spacial score (nSPS) is 18.2. The lowest BCUT2D eigenvalue weighted by Gasteiger charge is -2.42. The molecule has 0 unspecified atom stereocenters. The summed E-state index contributed by atoms with van der Waals surface area (Å²) in [5.41, 5.74) is 9.24. The van der Waals surface area contributed by atoms with E-state index in [1.54, 1.807) is 0 Å². The van der Waals surface area contributed by atoms with Crippen LogP contribution >= 0.6 is 15.9 Å². The third kappa shape index (κ3) is 1.57. The van der Waals surface area contributed by atoms with Gasteiger partial charge in [0.2, 0.25) is 0 Å². The number of phenolic OH excluding ortho intramolecular Hbond substituents is 1. The molecule has 3 heteroatoms. The second-order valence-corrected chi connectivity index (χ2v) is 5.66. The van der Waals surface area contributed by atoms with Crippen molar-refractivity contribution in [1.82, 2.24) is 0 Å². The Morgan fingerprint density at radius 1 is 1.44 bits per heavy atom. The summed E-state index contributed by atoms with van der Waals surface area (Å²) in [5, 5.41) is 10.2.